The maximum atomic E-state index is 10.4. The van der Waals surface area contributed by atoms with E-state index < -0.39 is 0 Å². The molecule has 2 heterocycles. The average molecular weight is 391 g/mol. The van der Waals surface area contributed by atoms with Gasteiger partial charge in [0.05, 0.1) is 20.4 Å². The normalized spacial score (nSPS) is 10.0. The van der Waals surface area contributed by atoms with E-state index in [2.05, 4.69) is 15.3 Å². The predicted molar refractivity (Wildman–Crippen MR) is 111 cm³/mol. The van der Waals surface area contributed by atoms with Crippen LogP contribution in [0.25, 0.3) is 22.6 Å². The van der Waals surface area contributed by atoms with Crippen molar-refractivity contribution in [2.45, 2.75) is 6.92 Å². The van der Waals surface area contributed by atoms with Crippen LogP contribution >= 0.6 is 0 Å². The number of fused-ring (bicyclic) bond motifs is 1. The van der Waals surface area contributed by atoms with Crippen molar-refractivity contribution in [1.29, 1.82) is 0 Å². The summed E-state index contributed by atoms with van der Waals surface area (Å²) in [6, 6.07) is 14.8. The summed E-state index contributed by atoms with van der Waals surface area (Å²) < 4.78 is 15.7. The van der Waals surface area contributed by atoms with Gasteiger partial charge in [0.2, 0.25) is 12.3 Å². The van der Waals surface area contributed by atoms with Crippen LogP contribution < -0.4 is 14.8 Å². The first kappa shape index (κ1) is 19.9. The molecule has 0 saturated carbocycles. The van der Waals surface area contributed by atoms with Gasteiger partial charge in [0, 0.05) is 23.5 Å². The molecule has 1 amide bonds. The zero-order valence-corrected chi connectivity index (χ0v) is 16.4. The number of nitrogens with one attached hydrogen (secondary N) is 1. The molecule has 4 rings (SSSR count). The third-order valence-corrected chi connectivity index (χ3v) is 4.14. The molecule has 0 fully saturated rings. The van der Waals surface area contributed by atoms with Crippen LogP contribution in [0, 0.1) is 6.92 Å². The molecule has 0 aliphatic carbocycles. The Balaban J connectivity index is 0.000000188. The minimum absolute atomic E-state index is 0.507. The van der Waals surface area contributed by atoms with E-state index in [-0.39, 0.29) is 0 Å². The molecule has 0 aliphatic rings. The molecule has 0 aliphatic heterocycles. The zero-order chi connectivity index (χ0) is 20.6. The smallest absolute Gasteiger partial charge is 0.227 e. The van der Waals surface area contributed by atoms with E-state index in [1.54, 1.807) is 44.8 Å². The van der Waals surface area contributed by atoms with Crippen LogP contribution in [0.1, 0.15) is 5.56 Å². The lowest BCUT2D eigenvalue weighted by Gasteiger charge is -2.05. The molecule has 0 spiro atoms. The molecule has 0 radical (unpaired) electrons. The molecule has 4 aromatic rings. The molecule has 0 saturated heterocycles. The first-order valence-corrected chi connectivity index (χ1v) is 8.84. The Morgan fingerprint density at radius 3 is 2.66 bits per heavy atom. The van der Waals surface area contributed by atoms with Crippen molar-refractivity contribution in [2.24, 2.45) is 0 Å². The Labute approximate surface area is 168 Å². The van der Waals surface area contributed by atoms with E-state index in [1.165, 1.54) is 0 Å². The van der Waals surface area contributed by atoms with Gasteiger partial charge in [-0.3, -0.25) is 9.78 Å². The van der Waals surface area contributed by atoms with Crippen LogP contribution in [0.2, 0.25) is 0 Å². The fourth-order valence-electron chi connectivity index (χ4n) is 2.64. The van der Waals surface area contributed by atoms with Crippen molar-refractivity contribution in [3.8, 4) is 23.0 Å². The molecule has 29 heavy (non-hydrogen) atoms. The second-order valence-electron chi connectivity index (χ2n) is 6.04. The van der Waals surface area contributed by atoms with Gasteiger partial charge in [-0.15, -0.1) is 0 Å². The highest BCUT2D eigenvalue weighted by molar-refractivity contribution is 5.77. The molecule has 2 aromatic carbocycles. The number of benzene rings is 2. The lowest BCUT2D eigenvalue weighted by atomic mass is 10.2. The number of ether oxygens (including phenoxy) is 2. The summed E-state index contributed by atoms with van der Waals surface area (Å²) in [5.74, 6) is 2.20. The molecular weight excluding hydrogens is 370 g/mol. The van der Waals surface area contributed by atoms with Gasteiger partial charge >= 0.3 is 0 Å². The van der Waals surface area contributed by atoms with Crippen LogP contribution in [0.3, 0.4) is 0 Å². The van der Waals surface area contributed by atoms with E-state index in [0.717, 1.165) is 28.1 Å². The summed E-state index contributed by atoms with van der Waals surface area (Å²) in [4.78, 5) is 18.7. The van der Waals surface area contributed by atoms with E-state index in [1.807, 2.05) is 37.3 Å². The summed E-state index contributed by atoms with van der Waals surface area (Å²) in [7, 11) is 3.30. The van der Waals surface area contributed by atoms with Crippen molar-refractivity contribution in [1.82, 2.24) is 9.97 Å². The molecule has 2 aromatic heterocycles. The van der Waals surface area contributed by atoms with Gasteiger partial charge in [0.1, 0.15) is 17.0 Å². The Hall–Kier alpha value is -3.87. The van der Waals surface area contributed by atoms with Crippen molar-refractivity contribution < 1.29 is 18.7 Å². The molecule has 0 unspecified atom stereocenters. The lowest BCUT2D eigenvalue weighted by molar-refractivity contribution is -0.105. The van der Waals surface area contributed by atoms with Crippen molar-refractivity contribution in [3.05, 3.63) is 66.5 Å². The van der Waals surface area contributed by atoms with Crippen molar-refractivity contribution in [2.75, 3.05) is 19.5 Å². The molecule has 7 nitrogen and oxygen atoms in total. The van der Waals surface area contributed by atoms with Gasteiger partial charge in [-0.1, -0.05) is 12.1 Å². The number of nitrogens with zero attached hydrogens (tertiary/aromatic N) is 2. The Bertz CT molecular complexity index is 1080. The molecule has 0 atom stereocenters. The van der Waals surface area contributed by atoms with E-state index >= 15 is 0 Å². The number of aromatic nitrogens is 2. The number of carbonyl (C=O) groups excluding carboxylic acids is 1. The fourth-order valence-corrected chi connectivity index (χ4v) is 2.64. The number of hydrogen-bond acceptors (Lipinski definition) is 6. The summed E-state index contributed by atoms with van der Waals surface area (Å²) in [5, 5.41) is 2.59. The molecule has 148 valence electrons. The number of pyridine rings is 1. The zero-order valence-electron chi connectivity index (χ0n) is 16.4. The van der Waals surface area contributed by atoms with Gasteiger partial charge in [-0.25, -0.2) is 4.98 Å². The van der Waals surface area contributed by atoms with Gasteiger partial charge in [-0.2, -0.15) is 0 Å². The highest BCUT2D eigenvalue weighted by Crippen LogP contribution is 2.25. The average Bonchev–Trinajstić information content (AvgIpc) is 3.19. The van der Waals surface area contributed by atoms with E-state index in [4.69, 9.17) is 13.9 Å². The Morgan fingerprint density at radius 2 is 1.93 bits per heavy atom. The summed E-state index contributed by atoms with van der Waals surface area (Å²) >= 11 is 0. The van der Waals surface area contributed by atoms with Crippen molar-refractivity contribution >= 4 is 23.2 Å². The fraction of sp³-hybridized carbons (Fsp3) is 0.136. The Kier molecular flexibility index (Phi) is 6.42. The SMILES string of the molecule is COc1ccc(C)c(OC)c1.O=CNc1cccc(-c2nc3ccncc3o2)c1. The Morgan fingerprint density at radius 1 is 1.07 bits per heavy atom. The standard InChI is InChI=1S/C13H9N3O2.C9H12O2/c17-8-15-10-3-1-2-9(6-10)13-16-11-4-5-14-7-12(11)18-13;1-7-4-5-8(10-2)6-9(7)11-3/h1-8H,(H,15,17);4-6H,1-3H3. The van der Waals surface area contributed by atoms with Crippen molar-refractivity contribution in [3.63, 3.8) is 0 Å². The topological polar surface area (TPSA) is 86.5 Å². The number of methoxy groups -OCH3 is 2. The van der Waals surface area contributed by atoms with Gasteiger partial charge in [-0.05, 0) is 42.8 Å². The van der Waals surface area contributed by atoms with Crippen LogP contribution in [-0.4, -0.2) is 30.6 Å². The summed E-state index contributed by atoms with van der Waals surface area (Å²) in [5.41, 5.74) is 4.02. The quantitative estimate of drug-likeness (QED) is 0.505. The number of amides is 1. The number of carbonyl (C=O) groups is 1. The molecule has 0 bridgehead atoms. The minimum atomic E-state index is 0.507. The van der Waals surface area contributed by atoms with Gasteiger partial charge < -0.3 is 19.2 Å². The number of oxazole rings is 1. The van der Waals surface area contributed by atoms with Crippen LogP contribution in [0.15, 0.2) is 65.3 Å². The second-order valence-corrected chi connectivity index (χ2v) is 6.04. The lowest BCUT2D eigenvalue weighted by Crippen LogP contribution is -1.93. The maximum Gasteiger partial charge on any atom is 0.227 e. The van der Waals surface area contributed by atoms with Crippen LogP contribution in [0.4, 0.5) is 5.69 Å². The summed E-state index contributed by atoms with van der Waals surface area (Å²) in [6.07, 6.45) is 3.92. The number of hydrogen-bond donors (Lipinski definition) is 1. The van der Waals surface area contributed by atoms with Gasteiger partial charge in [0.15, 0.2) is 5.58 Å². The summed E-state index contributed by atoms with van der Waals surface area (Å²) in [6.45, 7) is 2.00. The van der Waals surface area contributed by atoms with Gasteiger partial charge in [0.25, 0.3) is 0 Å². The second kappa shape index (κ2) is 9.36. The maximum absolute atomic E-state index is 10.4. The third kappa shape index (κ3) is 4.90. The molecular formula is C22H21N3O4. The number of anilines is 1. The highest BCUT2D eigenvalue weighted by atomic mass is 16.5. The third-order valence-electron chi connectivity index (χ3n) is 4.14. The molecule has 1 N–H and O–H groups in total. The van der Waals surface area contributed by atoms with Crippen LogP contribution in [-0.2, 0) is 4.79 Å². The van der Waals surface area contributed by atoms with E-state index in [9.17, 15) is 4.79 Å². The van der Waals surface area contributed by atoms with Crippen LogP contribution in [0.5, 0.6) is 11.5 Å². The first-order valence-electron chi connectivity index (χ1n) is 8.84. The minimum Gasteiger partial charge on any atom is -0.497 e. The predicted octanol–water partition coefficient (Wildman–Crippen LogP) is 4.47. The monoisotopic (exact) mass is 391 g/mol. The number of rotatable bonds is 5. The first-order chi connectivity index (χ1) is 14.1. The largest absolute Gasteiger partial charge is 0.497 e. The number of aryl methyl sites for hydroxylation is 1. The highest BCUT2D eigenvalue weighted by Gasteiger charge is 2.08. The van der Waals surface area contributed by atoms with E-state index in [0.29, 0.717) is 23.6 Å². The molecule has 7 heteroatoms.